The molecule has 0 saturated carbocycles. The van der Waals surface area contributed by atoms with Gasteiger partial charge in [0.25, 0.3) is 5.91 Å². The lowest BCUT2D eigenvalue weighted by Crippen LogP contribution is -2.21. The molecule has 2 aromatic heterocycles. The van der Waals surface area contributed by atoms with Gasteiger partial charge in [0, 0.05) is 43.3 Å². The number of anilines is 4. The number of ether oxygens (including phenoxy) is 1. The molecule has 2 aromatic carbocycles. The van der Waals surface area contributed by atoms with Crippen molar-refractivity contribution in [2.45, 2.75) is 32.2 Å². The molecule has 4 aromatic rings. The maximum absolute atomic E-state index is 14.1. The summed E-state index contributed by atoms with van der Waals surface area (Å²) in [5, 5.41) is 12.6. The van der Waals surface area contributed by atoms with Crippen LogP contribution in [0.2, 0.25) is 5.02 Å². The predicted octanol–water partition coefficient (Wildman–Crippen LogP) is 7.14. The van der Waals surface area contributed by atoms with Crippen LogP contribution in [0, 0.1) is 0 Å². The lowest BCUT2D eigenvalue weighted by molar-refractivity contribution is -0.137. The third kappa shape index (κ3) is 7.47. The molecule has 4 aliphatic rings. The Labute approximate surface area is 263 Å². The van der Waals surface area contributed by atoms with Gasteiger partial charge in [-0.05, 0) is 37.1 Å². The molecule has 11 nitrogen and oxygen atoms in total. The summed E-state index contributed by atoms with van der Waals surface area (Å²) in [6.45, 7) is 3.35. The van der Waals surface area contributed by atoms with Crippen LogP contribution in [-0.2, 0) is 27.9 Å². The zero-order valence-electron chi connectivity index (χ0n) is 24.5. The summed E-state index contributed by atoms with van der Waals surface area (Å²) in [4.78, 5) is 21.1. The number of hydrogen-bond donors (Lipinski definition) is 3. The molecule has 0 saturated heterocycles. The maximum Gasteiger partial charge on any atom is 0.421 e. The largest absolute Gasteiger partial charge is 0.495 e. The van der Waals surface area contributed by atoms with Gasteiger partial charge in [-0.15, -0.1) is 0 Å². The fraction of sp³-hybridized carbons (Fsp3) is 0.310. The Hall–Kier alpha value is -3.97. The number of nitrogens with one attached hydrogen (secondary N) is 3. The normalized spacial score (nSPS) is 15.4. The summed E-state index contributed by atoms with van der Waals surface area (Å²) in [7, 11) is 1.62. The Balaban J connectivity index is 1.63. The Bertz CT molecular complexity index is 1690. The Morgan fingerprint density at radius 1 is 1.20 bits per heavy atom. The molecule has 3 N–H and O–H groups in total. The quantitative estimate of drug-likeness (QED) is 0.196. The van der Waals surface area contributed by atoms with Gasteiger partial charge in [0.1, 0.15) is 17.1 Å². The van der Waals surface area contributed by atoms with Crippen LogP contribution in [0.25, 0.3) is 11.1 Å². The number of benzene rings is 2. The lowest BCUT2D eigenvalue weighted by atomic mass is 10.0. The zero-order chi connectivity index (χ0) is 32.1. The first-order chi connectivity index (χ1) is 21.6. The van der Waals surface area contributed by atoms with Crippen molar-refractivity contribution in [1.82, 2.24) is 25.1 Å². The molecule has 8 bridgehead atoms. The van der Waals surface area contributed by atoms with E-state index in [9.17, 15) is 18.0 Å². The average molecular weight is 664 g/mol. The van der Waals surface area contributed by atoms with E-state index in [-0.39, 0.29) is 22.2 Å². The third-order valence-electron chi connectivity index (χ3n) is 6.75. The highest BCUT2D eigenvalue weighted by atomic mass is 35.5. The number of carbonyl (C=O) groups excluding carboxylic acids is 1. The van der Waals surface area contributed by atoms with E-state index in [4.69, 9.17) is 25.4 Å². The lowest BCUT2D eigenvalue weighted by Gasteiger charge is -2.19. The van der Waals surface area contributed by atoms with Crippen molar-refractivity contribution in [3.8, 4) is 16.9 Å². The summed E-state index contributed by atoms with van der Waals surface area (Å²) >= 11 is 6.75. The number of aryl methyl sites for hydroxylation is 1. The van der Waals surface area contributed by atoms with E-state index in [0.29, 0.717) is 61.1 Å². The van der Waals surface area contributed by atoms with E-state index in [0.717, 1.165) is 5.56 Å². The minimum absolute atomic E-state index is 0.0117. The molecule has 0 spiro atoms. The Morgan fingerprint density at radius 2 is 2.00 bits per heavy atom. The number of alkyl halides is 3. The van der Waals surface area contributed by atoms with E-state index < -0.39 is 31.8 Å². The smallest absolute Gasteiger partial charge is 0.421 e. The number of hydrogen-bond acceptors (Lipinski definition) is 9. The van der Waals surface area contributed by atoms with E-state index in [1.165, 1.54) is 20.2 Å². The topological polar surface area (TPSA) is 124 Å². The summed E-state index contributed by atoms with van der Waals surface area (Å²) in [6, 6.07) is 8.41. The molecule has 16 heteroatoms. The summed E-state index contributed by atoms with van der Waals surface area (Å²) in [6.07, 6.45) is 0.381. The molecular formula is C29H30ClF3N7O4P. The van der Waals surface area contributed by atoms with Crippen LogP contribution in [0.1, 0.15) is 34.8 Å². The van der Waals surface area contributed by atoms with Gasteiger partial charge in [-0.2, -0.15) is 23.3 Å². The first kappa shape index (κ1) is 32.4. The number of amides is 1. The molecule has 1 unspecified atom stereocenters. The van der Waals surface area contributed by atoms with Crippen molar-refractivity contribution in [2.75, 3.05) is 38.0 Å². The number of rotatable bonds is 4. The Kier molecular flexibility index (Phi) is 10.1. The number of carbonyl (C=O) groups is 1. The van der Waals surface area contributed by atoms with Gasteiger partial charge in [-0.3, -0.25) is 9.48 Å². The van der Waals surface area contributed by atoms with Crippen molar-refractivity contribution in [3.63, 3.8) is 0 Å². The molecular weight excluding hydrogens is 634 g/mol. The fourth-order valence-electron chi connectivity index (χ4n) is 4.62. The van der Waals surface area contributed by atoms with Crippen LogP contribution in [0.3, 0.4) is 0 Å². The highest BCUT2D eigenvalue weighted by Gasteiger charge is 2.36. The second-order valence-corrected chi connectivity index (χ2v) is 11.6. The van der Waals surface area contributed by atoms with Crippen molar-refractivity contribution >= 4 is 49.0 Å². The van der Waals surface area contributed by atoms with Crippen molar-refractivity contribution in [3.05, 3.63) is 70.6 Å². The SMILES string of the molecule is CCOP1Cc2ccc(c(OC)c2)Nc2ncc(C(F)(F)F)c(n2)Nc2ccc(c(Cl)c2C(=O)NC)-c2cnn(c2)CCCO1. The molecule has 238 valence electrons. The molecule has 8 rings (SSSR count). The molecule has 0 aliphatic carbocycles. The maximum atomic E-state index is 14.1. The van der Waals surface area contributed by atoms with Crippen molar-refractivity contribution in [1.29, 1.82) is 0 Å². The van der Waals surface area contributed by atoms with E-state index in [1.807, 2.05) is 13.0 Å². The molecule has 6 heterocycles. The number of methoxy groups -OCH3 is 1. The van der Waals surface area contributed by atoms with Crippen LogP contribution >= 0.6 is 20.0 Å². The van der Waals surface area contributed by atoms with Crippen molar-refractivity contribution < 1.29 is 31.8 Å². The molecule has 0 fully saturated rings. The number of aromatic nitrogens is 4. The van der Waals surface area contributed by atoms with Crippen LogP contribution in [-0.4, -0.2) is 53.0 Å². The van der Waals surface area contributed by atoms with Gasteiger partial charge in [0.2, 0.25) is 5.95 Å². The van der Waals surface area contributed by atoms with Crippen LogP contribution < -0.4 is 20.7 Å². The molecule has 4 aliphatic heterocycles. The number of halogens is 4. The van der Waals surface area contributed by atoms with Gasteiger partial charge in [-0.25, -0.2) is 4.98 Å². The highest BCUT2D eigenvalue weighted by molar-refractivity contribution is 7.46. The summed E-state index contributed by atoms with van der Waals surface area (Å²) < 4.78 is 61.5. The van der Waals surface area contributed by atoms with E-state index >= 15 is 0 Å². The van der Waals surface area contributed by atoms with Gasteiger partial charge in [0.15, 0.2) is 8.38 Å². The average Bonchev–Trinajstić information content (AvgIpc) is 3.47. The van der Waals surface area contributed by atoms with Crippen LogP contribution in [0.4, 0.5) is 36.3 Å². The monoisotopic (exact) mass is 663 g/mol. The summed E-state index contributed by atoms with van der Waals surface area (Å²) in [5.74, 6) is -0.924. The summed E-state index contributed by atoms with van der Waals surface area (Å²) in [5.41, 5.74) is 1.21. The van der Waals surface area contributed by atoms with Crippen LogP contribution in [0.5, 0.6) is 5.75 Å². The minimum Gasteiger partial charge on any atom is -0.495 e. The molecule has 1 atom stereocenters. The van der Waals surface area contributed by atoms with E-state index in [2.05, 4.69) is 31.0 Å². The van der Waals surface area contributed by atoms with Gasteiger partial charge in [0.05, 0.1) is 48.5 Å². The van der Waals surface area contributed by atoms with Gasteiger partial charge < -0.3 is 29.7 Å². The standard InChI is InChI=1S/C29H30ClF3N7O4P/c1-4-43-45-16-17-6-8-21(23(12-17)42-3)38-28-35-14-20(29(31,32)33)26(39-28)37-22-9-7-19(25(30)24(22)27(41)34-2)18-13-36-40(15-18)10-5-11-44-45/h6-9,12-15H,4-5,10-11,16H2,1-3H3,(H,34,41)(H2,35,37,38,39). The van der Waals surface area contributed by atoms with E-state index in [1.54, 1.807) is 35.3 Å². The molecule has 1 amide bonds. The molecule has 0 radical (unpaired) electrons. The van der Waals surface area contributed by atoms with Gasteiger partial charge >= 0.3 is 6.18 Å². The fourth-order valence-corrected chi connectivity index (χ4v) is 6.35. The number of nitrogens with zero attached hydrogens (tertiary/aromatic N) is 4. The van der Waals surface area contributed by atoms with Crippen LogP contribution in [0.15, 0.2) is 48.9 Å². The first-order valence-corrected chi connectivity index (χ1v) is 15.6. The molecule has 45 heavy (non-hydrogen) atoms. The highest BCUT2D eigenvalue weighted by Crippen LogP contribution is 2.44. The zero-order valence-corrected chi connectivity index (χ0v) is 26.2. The van der Waals surface area contributed by atoms with Gasteiger partial charge in [-0.1, -0.05) is 23.7 Å². The minimum atomic E-state index is -4.81. The Morgan fingerprint density at radius 3 is 2.73 bits per heavy atom. The first-order valence-electron chi connectivity index (χ1n) is 13.9. The predicted molar refractivity (Wildman–Crippen MR) is 165 cm³/mol. The van der Waals surface area contributed by atoms with Crippen molar-refractivity contribution in [2.24, 2.45) is 0 Å². The third-order valence-corrected chi connectivity index (χ3v) is 8.78. The second kappa shape index (κ2) is 14.0. The second-order valence-electron chi connectivity index (χ2n) is 9.75.